The molecule has 1 fully saturated rings. The average molecular weight is 395 g/mol. The molecule has 0 amide bonds. The third-order valence-electron chi connectivity index (χ3n) is 4.34. The number of hydrogen-bond donors (Lipinski definition) is 1. The van der Waals surface area contributed by atoms with Crippen molar-refractivity contribution in [1.29, 1.82) is 0 Å². The van der Waals surface area contributed by atoms with E-state index >= 15 is 0 Å². The van der Waals surface area contributed by atoms with Crippen LogP contribution in [0.15, 0.2) is 41.7 Å². The molecule has 1 aliphatic carbocycles. The van der Waals surface area contributed by atoms with Crippen molar-refractivity contribution in [2.24, 2.45) is 0 Å². The summed E-state index contributed by atoms with van der Waals surface area (Å²) in [6.45, 7) is 2.04. The fraction of sp³-hybridized carbons (Fsp3) is 0.444. The van der Waals surface area contributed by atoms with Crippen LogP contribution in [-0.2, 0) is 10.0 Å². The molecule has 0 aliphatic heterocycles. The van der Waals surface area contributed by atoms with Crippen molar-refractivity contribution < 1.29 is 22.3 Å². The summed E-state index contributed by atoms with van der Waals surface area (Å²) in [6.07, 6.45) is 7.31. The zero-order valence-corrected chi connectivity index (χ0v) is 15.8. The molecule has 0 saturated heterocycles. The van der Waals surface area contributed by atoms with Gasteiger partial charge in [0.05, 0.1) is 17.7 Å². The van der Waals surface area contributed by atoms with Crippen LogP contribution in [0.5, 0.6) is 11.6 Å². The van der Waals surface area contributed by atoms with E-state index in [1.807, 2.05) is 0 Å². The first-order valence-corrected chi connectivity index (χ1v) is 10.3. The maximum Gasteiger partial charge on any atom is 0.240 e. The Morgan fingerprint density at radius 1 is 1.22 bits per heavy atom. The summed E-state index contributed by atoms with van der Waals surface area (Å²) < 4.78 is 52.5. The van der Waals surface area contributed by atoms with Crippen LogP contribution in [0, 0.1) is 5.82 Å². The molecule has 0 spiro atoms. The maximum absolute atomic E-state index is 14.0. The molecule has 1 N–H and O–H groups in total. The van der Waals surface area contributed by atoms with Gasteiger partial charge in [0.1, 0.15) is 6.10 Å². The van der Waals surface area contributed by atoms with Gasteiger partial charge in [-0.2, -0.15) is 0 Å². The highest BCUT2D eigenvalue weighted by molar-refractivity contribution is 7.89. The van der Waals surface area contributed by atoms with Gasteiger partial charge in [0, 0.05) is 18.4 Å². The quantitative estimate of drug-likeness (QED) is 0.775. The van der Waals surface area contributed by atoms with Crippen LogP contribution in [0.3, 0.4) is 0 Å². The van der Waals surface area contributed by atoms with Crippen molar-refractivity contribution in [1.82, 2.24) is 14.7 Å². The number of hydrogen-bond acceptors (Lipinski definition) is 6. The van der Waals surface area contributed by atoms with Crippen molar-refractivity contribution in [2.75, 3.05) is 6.61 Å². The third kappa shape index (κ3) is 5.14. The van der Waals surface area contributed by atoms with Gasteiger partial charge in [-0.15, -0.1) is 0 Å². The van der Waals surface area contributed by atoms with E-state index in [4.69, 9.17) is 9.47 Å². The molecule has 2 aromatic rings. The Labute approximate surface area is 158 Å². The summed E-state index contributed by atoms with van der Waals surface area (Å²) in [7, 11) is -3.80. The molecule has 1 aromatic heterocycles. The average Bonchev–Trinajstić information content (AvgIpc) is 2.66. The maximum atomic E-state index is 14.0. The molecule has 1 heterocycles. The van der Waals surface area contributed by atoms with Gasteiger partial charge in [-0.1, -0.05) is 0 Å². The van der Waals surface area contributed by atoms with Crippen molar-refractivity contribution in [3.63, 3.8) is 0 Å². The first-order chi connectivity index (χ1) is 13.0. The molecule has 0 atom stereocenters. The van der Waals surface area contributed by atoms with Gasteiger partial charge in [-0.05, 0) is 50.8 Å². The molecule has 27 heavy (non-hydrogen) atoms. The third-order valence-corrected chi connectivity index (χ3v) is 5.85. The highest BCUT2D eigenvalue weighted by Gasteiger charge is 2.27. The Bertz CT molecular complexity index is 856. The normalized spacial score (nSPS) is 20.2. The second kappa shape index (κ2) is 8.62. The molecule has 1 aromatic carbocycles. The molecular formula is C18H22FN3O4S. The lowest BCUT2D eigenvalue weighted by Crippen LogP contribution is -2.39. The summed E-state index contributed by atoms with van der Waals surface area (Å²) in [5.74, 6) is -0.190. The second-order valence-corrected chi connectivity index (χ2v) is 8.00. The van der Waals surface area contributed by atoms with E-state index in [0.717, 1.165) is 6.07 Å². The van der Waals surface area contributed by atoms with E-state index in [9.17, 15) is 12.8 Å². The fourth-order valence-corrected chi connectivity index (χ4v) is 4.34. The largest absolute Gasteiger partial charge is 0.491 e. The number of ether oxygens (including phenoxy) is 2. The van der Waals surface area contributed by atoms with Crippen molar-refractivity contribution in [2.45, 2.75) is 49.6 Å². The molecule has 3 rings (SSSR count). The topological polar surface area (TPSA) is 90.4 Å². The van der Waals surface area contributed by atoms with Crippen molar-refractivity contribution in [3.8, 4) is 11.6 Å². The Hall–Kier alpha value is -2.26. The summed E-state index contributed by atoms with van der Waals surface area (Å²) in [4.78, 5) is 7.92. The predicted molar refractivity (Wildman–Crippen MR) is 96.6 cm³/mol. The van der Waals surface area contributed by atoms with Crippen LogP contribution in [0.4, 0.5) is 4.39 Å². The Morgan fingerprint density at radius 2 is 2.00 bits per heavy atom. The molecule has 7 nitrogen and oxygen atoms in total. The van der Waals surface area contributed by atoms with Crippen molar-refractivity contribution >= 4 is 10.0 Å². The van der Waals surface area contributed by atoms with Crippen LogP contribution in [0.25, 0.3) is 0 Å². The lowest BCUT2D eigenvalue weighted by molar-refractivity contribution is 0.138. The van der Waals surface area contributed by atoms with E-state index in [-0.39, 0.29) is 22.8 Å². The molecular weight excluding hydrogens is 373 g/mol. The molecule has 9 heteroatoms. The van der Waals surface area contributed by atoms with Crippen LogP contribution in [0.2, 0.25) is 0 Å². The lowest BCUT2D eigenvalue weighted by Gasteiger charge is -2.28. The minimum Gasteiger partial charge on any atom is -0.491 e. The van der Waals surface area contributed by atoms with Gasteiger partial charge >= 0.3 is 0 Å². The van der Waals surface area contributed by atoms with E-state index in [1.54, 1.807) is 25.5 Å². The monoisotopic (exact) mass is 395 g/mol. The first-order valence-electron chi connectivity index (χ1n) is 8.85. The summed E-state index contributed by atoms with van der Waals surface area (Å²) in [5.41, 5.74) is 0. The number of nitrogens with one attached hydrogen (secondary N) is 1. The minimum absolute atomic E-state index is 0.0228. The van der Waals surface area contributed by atoms with Crippen LogP contribution >= 0.6 is 0 Å². The molecule has 0 bridgehead atoms. The number of benzene rings is 1. The molecule has 146 valence electrons. The molecule has 0 unspecified atom stereocenters. The van der Waals surface area contributed by atoms with Crippen molar-refractivity contribution in [3.05, 3.63) is 42.6 Å². The number of nitrogens with zero attached hydrogens (tertiary/aromatic N) is 2. The first kappa shape index (κ1) is 19.5. The predicted octanol–water partition coefficient (Wildman–Crippen LogP) is 2.68. The fourth-order valence-electron chi connectivity index (χ4n) is 3.02. The van der Waals surface area contributed by atoms with Gasteiger partial charge in [0.25, 0.3) is 0 Å². The Balaban J connectivity index is 1.57. The number of halogens is 1. The second-order valence-electron chi connectivity index (χ2n) is 6.28. The van der Waals surface area contributed by atoms with Gasteiger partial charge in [-0.3, -0.25) is 4.98 Å². The smallest absolute Gasteiger partial charge is 0.240 e. The van der Waals surface area contributed by atoms with Crippen LogP contribution < -0.4 is 14.2 Å². The summed E-state index contributed by atoms with van der Waals surface area (Å²) in [5, 5.41) is 0. The highest BCUT2D eigenvalue weighted by Crippen LogP contribution is 2.25. The van der Waals surface area contributed by atoms with E-state index in [2.05, 4.69) is 14.7 Å². The van der Waals surface area contributed by atoms with Gasteiger partial charge in [0.15, 0.2) is 11.6 Å². The SMILES string of the molecule is CCOc1ccc(S(=O)(=O)NC2CCC(Oc3cnccn3)CC2)cc1F. The zero-order chi connectivity index (χ0) is 19.3. The molecule has 0 radical (unpaired) electrons. The number of aromatic nitrogens is 2. The van der Waals surface area contributed by atoms with Gasteiger partial charge < -0.3 is 9.47 Å². The Kier molecular flexibility index (Phi) is 6.22. The van der Waals surface area contributed by atoms with E-state index in [0.29, 0.717) is 38.2 Å². The van der Waals surface area contributed by atoms with Crippen LogP contribution in [-0.4, -0.2) is 37.1 Å². The van der Waals surface area contributed by atoms with Crippen LogP contribution in [0.1, 0.15) is 32.6 Å². The highest BCUT2D eigenvalue weighted by atomic mass is 32.2. The molecule has 1 saturated carbocycles. The number of sulfonamides is 1. The van der Waals surface area contributed by atoms with Gasteiger partial charge in [-0.25, -0.2) is 22.5 Å². The van der Waals surface area contributed by atoms with E-state index in [1.165, 1.54) is 12.1 Å². The van der Waals surface area contributed by atoms with E-state index < -0.39 is 15.8 Å². The zero-order valence-electron chi connectivity index (χ0n) is 15.0. The lowest BCUT2D eigenvalue weighted by atomic mass is 9.94. The summed E-state index contributed by atoms with van der Waals surface area (Å²) in [6, 6.07) is 3.44. The number of rotatable bonds is 7. The minimum atomic E-state index is -3.80. The standard InChI is InChI=1S/C18H22FN3O4S/c1-2-25-17-8-7-15(11-16(17)19)27(23,24)22-13-3-5-14(6-4-13)26-18-12-20-9-10-21-18/h7-14,22H,2-6H2,1H3. The molecule has 1 aliphatic rings. The van der Waals surface area contributed by atoms with Gasteiger partial charge in [0.2, 0.25) is 15.9 Å². The Morgan fingerprint density at radius 3 is 2.63 bits per heavy atom. The summed E-state index contributed by atoms with van der Waals surface area (Å²) >= 11 is 0.